The summed E-state index contributed by atoms with van der Waals surface area (Å²) in [4.78, 5) is 16.8. The van der Waals surface area contributed by atoms with Crippen LogP contribution in [0.15, 0.2) is 30.3 Å². The van der Waals surface area contributed by atoms with Gasteiger partial charge in [0.05, 0.1) is 12.6 Å². The lowest BCUT2D eigenvalue weighted by Crippen LogP contribution is -2.57. The van der Waals surface area contributed by atoms with E-state index in [1.807, 2.05) is 35.2 Å². The van der Waals surface area contributed by atoms with Crippen molar-refractivity contribution in [2.45, 2.75) is 25.4 Å². The van der Waals surface area contributed by atoms with Crippen LogP contribution in [0.5, 0.6) is 0 Å². The van der Waals surface area contributed by atoms with Crippen LogP contribution >= 0.6 is 24.8 Å². The number of hydrogen-bond donors (Lipinski definition) is 1. The number of carbonyl (C=O) groups excluding carboxylic acids is 1. The van der Waals surface area contributed by atoms with Crippen molar-refractivity contribution in [2.75, 3.05) is 39.9 Å². The lowest BCUT2D eigenvalue weighted by molar-refractivity contribution is -0.135. The number of benzene rings is 1. The quantitative estimate of drug-likeness (QED) is 0.817. The van der Waals surface area contributed by atoms with Gasteiger partial charge in [0.1, 0.15) is 0 Å². The monoisotopic (exact) mass is 377 g/mol. The molecule has 0 spiro atoms. The fourth-order valence-electron chi connectivity index (χ4n) is 2.93. The molecular weight excluding hydrogens is 349 g/mol. The number of amides is 1. The topological polar surface area (TPSA) is 58.8 Å². The Kier molecular flexibility index (Phi) is 11.2. The largest absolute Gasteiger partial charge is 0.383 e. The maximum absolute atomic E-state index is 12.5. The van der Waals surface area contributed by atoms with Crippen molar-refractivity contribution in [1.82, 2.24) is 9.80 Å². The van der Waals surface area contributed by atoms with Crippen molar-refractivity contribution in [3.05, 3.63) is 35.9 Å². The first-order valence-electron chi connectivity index (χ1n) is 7.93. The second-order valence-corrected chi connectivity index (χ2v) is 5.96. The summed E-state index contributed by atoms with van der Waals surface area (Å²) in [7, 11) is 1.72. The van der Waals surface area contributed by atoms with Crippen LogP contribution in [-0.2, 0) is 16.0 Å². The molecule has 138 valence electrons. The molecule has 0 radical (unpaired) electrons. The average molecular weight is 378 g/mol. The normalized spacial score (nSPS) is 19.1. The molecule has 2 atom stereocenters. The predicted molar refractivity (Wildman–Crippen MR) is 102 cm³/mol. The highest BCUT2D eigenvalue weighted by Gasteiger charge is 2.29. The summed E-state index contributed by atoms with van der Waals surface area (Å²) in [6, 6.07) is 9.83. The predicted octanol–water partition coefficient (Wildman–Crippen LogP) is 1.58. The van der Waals surface area contributed by atoms with E-state index in [1.54, 1.807) is 7.11 Å². The van der Waals surface area contributed by atoms with E-state index in [0.29, 0.717) is 12.5 Å². The summed E-state index contributed by atoms with van der Waals surface area (Å²) in [5.41, 5.74) is 7.22. The lowest BCUT2D eigenvalue weighted by Gasteiger charge is -2.40. The fraction of sp³-hybridized carbons (Fsp3) is 0.588. The Bertz CT molecular complexity index is 476. The number of rotatable bonds is 6. The Hall–Kier alpha value is -0.850. The second-order valence-electron chi connectivity index (χ2n) is 5.96. The molecule has 1 saturated heterocycles. The average Bonchev–Trinajstić information content (AvgIpc) is 2.54. The Balaban J connectivity index is 0.00000264. The molecule has 1 aliphatic heterocycles. The number of carbonyl (C=O) groups is 1. The van der Waals surface area contributed by atoms with Gasteiger partial charge in [0, 0.05) is 39.3 Å². The highest BCUT2D eigenvalue weighted by molar-refractivity contribution is 5.85. The van der Waals surface area contributed by atoms with Crippen LogP contribution < -0.4 is 5.73 Å². The zero-order valence-electron chi connectivity index (χ0n) is 14.4. The Morgan fingerprint density at radius 1 is 1.29 bits per heavy atom. The standard InChI is InChI=1S/C17H27N3O2.2ClH/c1-14-13-20(9-8-19(14)10-11-22-2)17(21)16(18)12-15-6-4-3-5-7-15;;/h3-7,14,16H,8-13,18H2,1-2H3;2*1H. The molecule has 1 aromatic carbocycles. The van der Waals surface area contributed by atoms with Crippen molar-refractivity contribution >= 4 is 30.7 Å². The first-order valence-corrected chi connectivity index (χ1v) is 7.93. The van der Waals surface area contributed by atoms with E-state index >= 15 is 0 Å². The first-order chi connectivity index (χ1) is 10.6. The molecule has 7 heteroatoms. The maximum atomic E-state index is 12.5. The van der Waals surface area contributed by atoms with Gasteiger partial charge in [-0.15, -0.1) is 24.8 Å². The fourth-order valence-corrected chi connectivity index (χ4v) is 2.93. The van der Waals surface area contributed by atoms with E-state index in [1.165, 1.54) is 0 Å². The Morgan fingerprint density at radius 3 is 2.54 bits per heavy atom. The molecule has 1 aliphatic rings. The minimum Gasteiger partial charge on any atom is -0.383 e. The summed E-state index contributed by atoms with van der Waals surface area (Å²) < 4.78 is 5.13. The molecule has 1 fully saturated rings. The molecule has 2 unspecified atom stereocenters. The molecule has 0 aliphatic carbocycles. The van der Waals surface area contributed by atoms with Crippen LogP contribution in [0.3, 0.4) is 0 Å². The third kappa shape index (κ3) is 6.57. The van der Waals surface area contributed by atoms with Gasteiger partial charge in [-0.25, -0.2) is 0 Å². The molecule has 24 heavy (non-hydrogen) atoms. The molecule has 2 rings (SSSR count). The van der Waals surface area contributed by atoms with Crippen LogP contribution in [0.25, 0.3) is 0 Å². The molecule has 0 bridgehead atoms. The molecule has 1 aromatic rings. The van der Waals surface area contributed by atoms with Gasteiger partial charge in [-0.3, -0.25) is 9.69 Å². The lowest BCUT2D eigenvalue weighted by atomic mass is 10.0. The van der Waals surface area contributed by atoms with Gasteiger partial charge in [-0.05, 0) is 18.9 Å². The Labute approximate surface area is 157 Å². The number of methoxy groups -OCH3 is 1. The van der Waals surface area contributed by atoms with Gasteiger partial charge in [-0.2, -0.15) is 0 Å². The number of ether oxygens (including phenoxy) is 1. The SMILES string of the molecule is COCCN1CCN(C(=O)C(N)Cc2ccccc2)CC1C.Cl.Cl. The maximum Gasteiger partial charge on any atom is 0.239 e. The van der Waals surface area contributed by atoms with Crippen molar-refractivity contribution in [3.8, 4) is 0 Å². The summed E-state index contributed by atoms with van der Waals surface area (Å²) in [6.07, 6.45) is 0.595. The summed E-state index contributed by atoms with van der Waals surface area (Å²) in [6.45, 7) is 6.16. The van der Waals surface area contributed by atoms with Crippen LogP contribution in [0.1, 0.15) is 12.5 Å². The molecular formula is C17H29Cl2N3O2. The van der Waals surface area contributed by atoms with E-state index in [9.17, 15) is 4.79 Å². The van der Waals surface area contributed by atoms with Crippen molar-refractivity contribution < 1.29 is 9.53 Å². The molecule has 0 aromatic heterocycles. The molecule has 5 nitrogen and oxygen atoms in total. The minimum atomic E-state index is -0.458. The first kappa shape index (κ1) is 23.1. The number of nitrogens with zero attached hydrogens (tertiary/aromatic N) is 2. The minimum absolute atomic E-state index is 0. The van der Waals surface area contributed by atoms with E-state index < -0.39 is 6.04 Å². The van der Waals surface area contributed by atoms with Crippen molar-refractivity contribution in [1.29, 1.82) is 0 Å². The zero-order valence-corrected chi connectivity index (χ0v) is 16.0. The molecule has 1 amide bonds. The molecule has 0 saturated carbocycles. The molecule has 2 N–H and O–H groups in total. The van der Waals surface area contributed by atoms with E-state index in [-0.39, 0.29) is 30.7 Å². The number of nitrogens with two attached hydrogens (primary N) is 1. The van der Waals surface area contributed by atoms with E-state index in [4.69, 9.17) is 10.5 Å². The highest BCUT2D eigenvalue weighted by atomic mass is 35.5. The molecule has 1 heterocycles. The summed E-state index contributed by atoms with van der Waals surface area (Å²) in [5.74, 6) is 0.0575. The summed E-state index contributed by atoms with van der Waals surface area (Å²) in [5, 5.41) is 0. The van der Waals surface area contributed by atoms with E-state index in [0.717, 1.165) is 38.3 Å². The number of halogens is 2. The third-order valence-electron chi connectivity index (χ3n) is 4.28. The van der Waals surface area contributed by atoms with Crippen LogP contribution in [0, 0.1) is 0 Å². The van der Waals surface area contributed by atoms with Crippen LogP contribution in [0.4, 0.5) is 0 Å². The van der Waals surface area contributed by atoms with Gasteiger partial charge in [0.15, 0.2) is 0 Å². The smallest absolute Gasteiger partial charge is 0.239 e. The van der Waals surface area contributed by atoms with Crippen LogP contribution in [-0.4, -0.2) is 67.7 Å². The summed E-state index contributed by atoms with van der Waals surface area (Å²) >= 11 is 0. The van der Waals surface area contributed by atoms with Gasteiger partial charge in [0.25, 0.3) is 0 Å². The zero-order chi connectivity index (χ0) is 15.9. The van der Waals surface area contributed by atoms with Crippen molar-refractivity contribution in [2.24, 2.45) is 5.73 Å². The van der Waals surface area contributed by atoms with Gasteiger partial charge < -0.3 is 15.4 Å². The van der Waals surface area contributed by atoms with Crippen LogP contribution in [0.2, 0.25) is 0 Å². The van der Waals surface area contributed by atoms with Crippen molar-refractivity contribution in [3.63, 3.8) is 0 Å². The van der Waals surface area contributed by atoms with E-state index in [2.05, 4.69) is 11.8 Å². The highest BCUT2D eigenvalue weighted by Crippen LogP contribution is 2.11. The number of hydrogen-bond acceptors (Lipinski definition) is 4. The number of piperazine rings is 1. The second kappa shape index (κ2) is 11.7. The third-order valence-corrected chi connectivity index (χ3v) is 4.28. The van der Waals surface area contributed by atoms with Gasteiger partial charge >= 0.3 is 0 Å². The Morgan fingerprint density at radius 2 is 1.96 bits per heavy atom. The van der Waals surface area contributed by atoms with Gasteiger partial charge in [0.2, 0.25) is 5.91 Å². The van der Waals surface area contributed by atoms with Gasteiger partial charge in [-0.1, -0.05) is 30.3 Å².